The number of halogens is 3. The number of methoxy groups -OCH3 is 1. The molecule has 0 saturated carbocycles. The van der Waals surface area contributed by atoms with Crippen LogP contribution in [0.15, 0.2) is 0 Å². The number of aromatic nitrogens is 2. The number of hydrogen-bond acceptors (Lipinski definition) is 4. The molecular formula is C15H24F3N3O2. The Balaban J connectivity index is 2.00. The minimum absolute atomic E-state index is 0.338. The number of aliphatic hydroxyl groups is 1. The van der Waals surface area contributed by atoms with Gasteiger partial charge in [-0.2, -0.15) is 18.3 Å². The quantitative estimate of drug-likeness (QED) is 0.896. The first kappa shape index (κ1) is 18.1. The Bertz CT molecular complexity index is 523. The number of hydrogen-bond donors (Lipinski definition) is 1. The van der Waals surface area contributed by atoms with E-state index >= 15 is 0 Å². The van der Waals surface area contributed by atoms with Crippen LogP contribution in [0.2, 0.25) is 0 Å². The van der Waals surface area contributed by atoms with Gasteiger partial charge in [0.15, 0.2) is 6.10 Å². The van der Waals surface area contributed by atoms with Crippen molar-refractivity contribution in [2.75, 3.05) is 20.2 Å². The minimum Gasteiger partial charge on any atom is -0.481 e. The lowest BCUT2D eigenvalue weighted by atomic mass is 9.90. The highest BCUT2D eigenvalue weighted by atomic mass is 19.4. The zero-order chi connectivity index (χ0) is 17.2. The average Bonchev–Trinajstić information content (AvgIpc) is 2.81. The highest BCUT2D eigenvalue weighted by Gasteiger charge is 2.44. The summed E-state index contributed by atoms with van der Waals surface area (Å²) in [5, 5.41) is 13.8. The van der Waals surface area contributed by atoms with Crippen LogP contribution in [0.1, 0.15) is 31.0 Å². The van der Waals surface area contributed by atoms with Gasteiger partial charge in [0.25, 0.3) is 0 Å². The van der Waals surface area contributed by atoms with Gasteiger partial charge in [0, 0.05) is 13.6 Å². The highest BCUT2D eigenvalue weighted by Crippen LogP contribution is 2.32. The molecule has 0 bridgehead atoms. The van der Waals surface area contributed by atoms with Crippen molar-refractivity contribution in [3.63, 3.8) is 0 Å². The van der Waals surface area contributed by atoms with E-state index in [1.54, 1.807) is 11.8 Å². The molecule has 2 heterocycles. The minimum atomic E-state index is -4.53. The van der Waals surface area contributed by atoms with Gasteiger partial charge in [0.05, 0.1) is 18.4 Å². The van der Waals surface area contributed by atoms with Crippen LogP contribution in [0.25, 0.3) is 0 Å². The maximum absolute atomic E-state index is 12.6. The van der Waals surface area contributed by atoms with Crippen LogP contribution in [0, 0.1) is 5.92 Å². The number of nitrogens with zero attached hydrogens (tertiary/aromatic N) is 3. The summed E-state index contributed by atoms with van der Waals surface area (Å²) < 4.78 is 44.8. The highest BCUT2D eigenvalue weighted by molar-refractivity contribution is 5.31. The number of piperidine rings is 1. The Morgan fingerprint density at radius 2 is 1.96 bits per heavy atom. The standard InChI is InChI=1S/C15H24F3N3O2/c1-4-12-11(14(23-3)20(2)19-12)9-21-7-5-10(6-8-21)13(22)15(16,17)18/h10,13,22H,4-9H2,1-3H3. The molecule has 132 valence electrons. The molecule has 1 aromatic heterocycles. The molecule has 1 N–H and O–H groups in total. The third-order valence-electron chi connectivity index (χ3n) is 4.50. The summed E-state index contributed by atoms with van der Waals surface area (Å²) in [5.41, 5.74) is 1.94. The monoisotopic (exact) mass is 335 g/mol. The van der Waals surface area contributed by atoms with Crippen molar-refractivity contribution in [2.24, 2.45) is 13.0 Å². The third kappa shape index (κ3) is 3.98. The molecule has 0 radical (unpaired) electrons. The molecule has 1 aliphatic rings. The Kier molecular flexibility index (Phi) is 5.57. The molecule has 1 unspecified atom stereocenters. The van der Waals surface area contributed by atoms with Gasteiger partial charge < -0.3 is 9.84 Å². The van der Waals surface area contributed by atoms with Crippen molar-refractivity contribution in [2.45, 2.75) is 45.0 Å². The van der Waals surface area contributed by atoms with Gasteiger partial charge in [0.2, 0.25) is 5.88 Å². The fourth-order valence-corrected chi connectivity index (χ4v) is 3.22. The normalized spacial score (nSPS) is 19.1. The second-order valence-electron chi connectivity index (χ2n) is 6.01. The fourth-order valence-electron chi connectivity index (χ4n) is 3.22. The first-order valence-electron chi connectivity index (χ1n) is 7.83. The molecule has 5 nitrogen and oxygen atoms in total. The van der Waals surface area contributed by atoms with E-state index < -0.39 is 18.2 Å². The SMILES string of the molecule is CCc1nn(C)c(OC)c1CN1CCC(C(O)C(F)(F)F)CC1. The van der Waals surface area contributed by atoms with Crippen molar-refractivity contribution in [1.82, 2.24) is 14.7 Å². The Hall–Kier alpha value is -1.28. The number of likely N-dealkylation sites (tertiary alicyclic amines) is 1. The number of aryl methyl sites for hydroxylation is 2. The largest absolute Gasteiger partial charge is 0.481 e. The van der Waals surface area contributed by atoms with E-state index in [-0.39, 0.29) is 0 Å². The van der Waals surface area contributed by atoms with Crippen molar-refractivity contribution in [3.8, 4) is 5.88 Å². The van der Waals surface area contributed by atoms with Crippen LogP contribution in [0.5, 0.6) is 5.88 Å². The number of aliphatic hydroxyl groups excluding tert-OH is 1. The van der Waals surface area contributed by atoms with Crippen LogP contribution in [0.3, 0.4) is 0 Å². The van der Waals surface area contributed by atoms with E-state index in [0.29, 0.717) is 38.4 Å². The lowest BCUT2D eigenvalue weighted by molar-refractivity contribution is -0.223. The third-order valence-corrected chi connectivity index (χ3v) is 4.50. The molecule has 2 rings (SSSR count). The molecule has 1 atom stereocenters. The van der Waals surface area contributed by atoms with E-state index in [1.807, 2.05) is 14.0 Å². The van der Waals surface area contributed by atoms with Crippen molar-refractivity contribution in [3.05, 3.63) is 11.3 Å². The van der Waals surface area contributed by atoms with Gasteiger partial charge in [-0.25, -0.2) is 4.68 Å². The van der Waals surface area contributed by atoms with Crippen LogP contribution in [-0.2, 0) is 20.0 Å². The second-order valence-corrected chi connectivity index (χ2v) is 6.01. The first-order valence-corrected chi connectivity index (χ1v) is 7.83. The molecule has 0 aromatic carbocycles. The van der Waals surface area contributed by atoms with E-state index in [2.05, 4.69) is 10.00 Å². The summed E-state index contributed by atoms with van der Waals surface area (Å²) in [5.74, 6) is -0.0213. The number of alkyl halides is 3. The smallest absolute Gasteiger partial charge is 0.414 e. The molecule has 1 aromatic rings. The molecule has 23 heavy (non-hydrogen) atoms. The topological polar surface area (TPSA) is 50.5 Å². The molecule has 0 amide bonds. The Labute approximate surface area is 134 Å². The first-order chi connectivity index (χ1) is 10.8. The van der Waals surface area contributed by atoms with Crippen LogP contribution >= 0.6 is 0 Å². The molecular weight excluding hydrogens is 311 g/mol. The van der Waals surface area contributed by atoms with E-state index in [9.17, 15) is 18.3 Å². The van der Waals surface area contributed by atoms with Gasteiger partial charge in [-0.3, -0.25) is 4.90 Å². The van der Waals surface area contributed by atoms with Gasteiger partial charge >= 0.3 is 6.18 Å². The van der Waals surface area contributed by atoms with E-state index in [1.165, 1.54) is 0 Å². The predicted molar refractivity (Wildman–Crippen MR) is 79.2 cm³/mol. The van der Waals surface area contributed by atoms with Crippen LogP contribution in [-0.4, -0.2) is 52.3 Å². The van der Waals surface area contributed by atoms with Crippen molar-refractivity contribution < 1.29 is 23.0 Å². The van der Waals surface area contributed by atoms with Gasteiger partial charge in [-0.1, -0.05) is 6.92 Å². The summed E-state index contributed by atoms with van der Waals surface area (Å²) >= 11 is 0. The van der Waals surface area contributed by atoms with Crippen LogP contribution < -0.4 is 4.74 Å². The van der Waals surface area contributed by atoms with E-state index in [4.69, 9.17) is 4.74 Å². The van der Waals surface area contributed by atoms with Gasteiger partial charge in [-0.15, -0.1) is 0 Å². The number of rotatable bonds is 5. The lowest BCUT2D eigenvalue weighted by Crippen LogP contribution is -2.43. The van der Waals surface area contributed by atoms with E-state index in [0.717, 1.165) is 17.7 Å². The maximum atomic E-state index is 12.6. The maximum Gasteiger partial charge on any atom is 0.414 e. The summed E-state index contributed by atoms with van der Waals surface area (Å²) in [6.45, 7) is 3.67. The zero-order valence-electron chi connectivity index (χ0n) is 13.7. The summed E-state index contributed by atoms with van der Waals surface area (Å²) in [7, 11) is 3.40. The Morgan fingerprint density at radius 3 is 2.43 bits per heavy atom. The summed E-state index contributed by atoms with van der Waals surface area (Å²) in [6, 6.07) is 0. The lowest BCUT2D eigenvalue weighted by Gasteiger charge is -2.34. The summed E-state index contributed by atoms with van der Waals surface area (Å²) in [4.78, 5) is 2.10. The van der Waals surface area contributed by atoms with Crippen molar-refractivity contribution in [1.29, 1.82) is 0 Å². The molecule has 1 aliphatic heterocycles. The fraction of sp³-hybridized carbons (Fsp3) is 0.800. The molecule has 1 fully saturated rings. The second kappa shape index (κ2) is 7.09. The molecule has 8 heteroatoms. The predicted octanol–water partition coefficient (Wildman–Crippen LogP) is 2.13. The van der Waals surface area contributed by atoms with Gasteiger partial charge in [0.1, 0.15) is 0 Å². The molecule has 1 saturated heterocycles. The zero-order valence-corrected chi connectivity index (χ0v) is 13.7. The average molecular weight is 335 g/mol. The molecule has 0 spiro atoms. The van der Waals surface area contributed by atoms with Gasteiger partial charge in [-0.05, 0) is 38.3 Å². The number of ether oxygens (including phenoxy) is 1. The Morgan fingerprint density at radius 1 is 1.35 bits per heavy atom. The summed E-state index contributed by atoms with van der Waals surface area (Å²) in [6.07, 6.45) is -5.30. The molecule has 0 aliphatic carbocycles. The van der Waals surface area contributed by atoms with Crippen LogP contribution in [0.4, 0.5) is 13.2 Å². The van der Waals surface area contributed by atoms with Crippen molar-refractivity contribution >= 4 is 0 Å².